The molecule has 1 rings (SSSR count). The van der Waals surface area contributed by atoms with Gasteiger partial charge in [-0.1, -0.05) is 25.5 Å². The fraction of sp³-hybridized carbons (Fsp3) is 0.778. The first kappa shape index (κ1) is 18.7. The van der Waals surface area contributed by atoms with Gasteiger partial charge < -0.3 is 10.6 Å². The van der Waals surface area contributed by atoms with Gasteiger partial charge in [0.05, 0.1) is 0 Å². The zero-order valence-electron chi connectivity index (χ0n) is 14.0. The number of allylic oxidation sites excluding steroid dienone is 2. The Balaban J connectivity index is 2.05. The smallest absolute Gasteiger partial charge is 0.220 e. The first-order chi connectivity index (χ1) is 10.7. The van der Waals surface area contributed by atoms with Gasteiger partial charge in [0.1, 0.15) is 0 Å². The summed E-state index contributed by atoms with van der Waals surface area (Å²) in [5, 5.41) is 6.05. The zero-order valence-corrected chi connectivity index (χ0v) is 14.0. The standard InChI is InChI=1S/C18H32N2O2/c1-2-3-15-19-17(21)13-9-10-14-18(22)20-16-11-7-5-4-6-8-12-16/h4-5,16H,2-3,6-15H2,1H3,(H,19,21)(H,20,22)/b5-4+. The van der Waals surface area contributed by atoms with E-state index in [1.165, 1.54) is 0 Å². The highest BCUT2D eigenvalue weighted by atomic mass is 16.2. The minimum Gasteiger partial charge on any atom is -0.356 e. The maximum Gasteiger partial charge on any atom is 0.220 e. The van der Waals surface area contributed by atoms with Crippen LogP contribution >= 0.6 is 0 Å². The molecule has 4 nitrogen and oxygen atoms in total. The minimum atomic E-state index is 0.112. The molecule has 0 bridgehead atoms. The van der Waals surface area contributed by atoms with E-state index in [9.17, 15) is 9.59 Å². The molecule has 1 aliphatic carbocycles. The van der Waals surface area contributed by atoms with Gasteiger partial charge in [-0.15, -0.1) is 0 Å². The lowest BCUT2D eigenvalue weighted by atomic mass is 10.0. The summed E-state index contributed by atoms with van der Waals surface area (Å²) in [6.07, 6.45) is 14.7. The summed E-state index contributed by atoms with van der Waals surface area (Å²) >= 11 is 0. The van der Waals surface area contributed by atoms with Crippen LogP contribution in [0, 0.1) is 0 Å². The second-order valence-electron chi connectivity index (χ2n) is 6.15. The summed E-state index contributed by atoms with van der Waals surface area (Å²) < 4.78 is 0. The van der Waals surface area contributed by atoms with E-state index in [1.54, 1.807) is 0 Å². The van der Waals surface area contributed by atoms with E-state index >= 15 is 0 Å². The molecule has 2 amide bonds. The van der Waals surface area contributed by atoms with Crippen LogP contribution in [0.3, 0.4) is 0 Å². The average molecular weight is 308 g/mol. The van der Waals surface area contributed by atoms with Gasteiger partial charge in [-0.25, -0.2) is 0 Å². The molecule has 0 radical (unpaired) electrons. The third-order valence-corrected chi connectivity index (χ3v) is 4.05. The second-order valence-corrected chi connectivity index (χ2v) is 6.15. The highest BCUT2D eigenvalue weighted by molar-refractivity contribution is 5.77. The number of hydrogen-bond acceptors (Lipinski definition) is 2. The van der Waals surface area contributed by atoms with Crippen molar-refractivity contribution in [3.63, 3.8) is 0 Å². The molecule has 126 valence electrons. The minimum absolute atomic E-state index is 0.112. The van der Waals surface area contributed by atoms with Crippen molar-refractivity contribution < 1.29 is 9.59 Å². The molecule has 4 heteroatoms. The van der Waals surface area contributed by atoms with E-state index in [0.29, 0.717) is 18.9 Å². The number of nitrogens with one attached hydrogen (secondary N) is 2. The van der Waals surface area contributed by atoms with Gasteiger partial charge >= 0.3 is 0 Å². The number of hydrogen-bond donors (Lipinski definition) is 2. The topological polar surface area (TPSA) is 58.2 Å². The van der Waals surface area contributed by atoms with E-state index in [0.717, 1.165) is 64.3 Å². The number of unbranched alkanes of at least 4 members (excludes halogenated alkanes) is 2. The maximum atomic E-state index is 11.9. The number of carbonyl (C=O) groups is 2. The number of carbonyl (C=O) groups excluding carboxylic acids is 2. The lowest BCUT2D eigenvalue weighted by Gasteiger charge is -2.19. The van der Waals surface area contributed by atoms with Gasteiger partial charge in [0, 0.05) is 25.4 Å². The molecule has 0 heterocycles. The largest absolute Gasteiger partial charge is 0.356 e. The van der Waals surface area contributed by atoms with Gasteiger partial charge in [-0.2, -0.15) is 0 Å². The van der Waals surface area contributed by atoms with E-state index in [4.69, 9.17) is 0 Å². The molecule has 1 aliphatic rings. The molecule has 1 atom stereocenters. The zero-order chi connectivity index (χ0) is 16.0. The van der Waals surface area contributed by atoms with Crippen LogP contribution < -0.4 is 10.6 Å². The SMILES string of the molecule is CCCCNC(=O)CCCCC(=O)NC1CC/C=C/CCC1. The third kappa shape index (κ3) is 9.59. The highest BCUT2D eigenvalue weighted by Crippen LogP contribution is 2.12. The Morgan fingerprint density at radius 3 is 2.50 bits per heavy atom. The van der Waals surface area contributed by atoms with E-state index in [2.05, 4.69) is 29.7 Å². The van der Waals surface area contributed by atoms with Crippen molar-refractivity contribution in [1.82, 2.24) is 10.6 Å². The van der Waals surface area contributed by atoms with Crippen LogP contribution in [0.25, 0.3) is 0 Å². The number of amides is 2. The number of rotatable bonds is 9. The molecule has 0 fully saturated rings. The predicted molar refractivity (Wildman–Crippen MR) is 90.5 cm³/mol. The van der Waals surface area contributed by atoms with E-state index in [-0.39, 0.29) is 11.8 Å². The van der Waals surface area contributed by atoms with Crippen molar-refractivity contribution in [2.75, 3.05) is 6.54 Å². The van der Waals surface area contributed by atoms with Crippen LogP contribution in [-0.4, -0.2) is 24.4 Å². The first-order valence-electron chi connectivity index (χ1n) is 8.93. The summed E-state index contributed by atoms with van der Waals surface area (Å²) in [6, 6.07) is 0.329. The van der Waals surface area contributed by atoms with Crippen molar-refractivity contribution in [1.29, 1.82) is 0 Å². The van der Waals surface area contributed by atoms with Gasteiger partial charge in [-0.05, 0) is 51.4 Å². The molecule has 2 N–H and O–H groups in total. The van der Waals surface area contributed by atoms with Crippen molar-refractivity contribution in [2.24, 2.45) is 0 Å². The summed E-state index contributed by atoms with van der Waals surface area (Å²) in [5.74, 6) is 0.251. The Bertz CT molecular complexity index is 353. The lowest BCUT2D eigenvalue weighted by Crippen LogP contribution is -2.34. The Kier molecular flexibility index (Phi) is 10.4. The summed E-state index contributed by atoms with van der Waals surface area (Å²) in [5.41, 5.74) is 0. The molecule has 1 unspecified atom stereocenters. The Morgan fingerprint density at radius 1 is 1.00 bits per heavy atom. The fourth-order valence-corrected chi connectivity index (χ4v) is 2.67. The van der Waals surface area contributed by atoms with Crippen molar-refractivity contribution >= 4 is 11.8 Å². The van der Waals surface area contributed by atoms with Crippen LogP contribution in [0.5, 0.6) is 0 Å². The van der Waals surface area contributed by atoms with Gasteiger partial charge in [0.2, 0.25) is 11.8 Å². The van der Waals surface area contributed by atoms with Crippen LogP contribution in [0.4, 0.5) is 0 Å². The van der Waals surface area contributed by atoms with Crippen LogP contribution in [-0.2, 0) is 9.59 Å². The molecule has 0 aromatic rings. The summed E-state index contributed by atoms with van der Waals surface area (Å²) in [4.78, 5) is 23.5. The van der Waals surface area contributed by atoms with Gasteiger partial charge in [0.15, 0.2) is 0 Å². The molecule has 0 saturated carbocycles. The molecular weight excluding hydrogens is 276 g/mol. The third-order valence-electron chi connectivity index (χ3n) is 4.05. The highest BCUT2D eigenvalue weighted by Gasteiger charge is 2.12. The molecule has 0 spiro atoms. The van der Waals surface area contributed by atoms with E-state index < -0.39 is 0 Å². The maximum absolute atomic E-state index is 11.9. The quantitative estimate of drug-likeness (QED) is 0.506. The summed E-state index contributed by atoms with van der Waals surface area (Å²) in [7, 11) is 0. The van der Waals surface area contributed by atoms with Crippen molar-refractivity contribution in [3.05, 3.63) is 12.2 Å². The second kappa shape index (κ2) is 12.2. The van der Waals surface area contributed by atoms with Crippen molar-refractivity contribution in [3.8, 4) is 0 Å². The molecular formula is C18H32N2O2. The van der Waals surface area contributed by atoms with Crippen LogP contribution in [0.1, 0.15) is 77.6 Å². The molecule has 22 heavy (non-hydrogen) atoms. The summed E-state index contributed by atoms with van der Waals surface area (Å²) in [6.45, 7) is 2.88. The lowest BCUT2D eigenvalue weighted by molar-refractivity contribution is -0.123. The fourth-order valence-electron chi connectivity index (χ4n) is 2.67. The Morgan fingerprint density at radius 2 is 1.73 bits per heavy atom. The molecule has 0 aromatic heterocycles. The van der Waals surface area contributed by atoms with E-state index in [1.807, 2.05) is 0 Å². The van der Waals surface area contributed by atoms with Crippen LogP contribution in [0.2, 0.25) is 0 Å². The average Bonchev–Trinajstić information content (AvgIpc) is 2.47. The van der Waals surface area contributed by atoms with Gasteiger partial charge in [-0.3, -0.25) is 9.59 Å². The normalized spacial score (nSPS) is 19.8. The monoisotopic (exact) mass is 308 g/mol. The molecule has 0 aromatic carbocycles. The molecule has 0 aliphatic heterocycles. The van der Waals surface area contributed by atoms with Crippen molar-refractivity contribution in [2.45, 2.75) is 83.6 Å². The van der Waals surface area contributed by atoms with Gasteiger partial charge in [0.25, 0.3) is 0 Å². The first-order valence-corrected chi connectivity index (χ1v) is 8.93. The Hall–Kier alpha value is -1.32. The molecule has 0 saturated heterocycles. The van der Waals surface area contributed by atoms with Crippen LogP contribution in [0.15, 0.2) is 12.2 Å². The predicted octanol–water partition coefficient (Wildman–Crippen LogP) is 3.47. The Labute approximate surface area is 135 Å².